The van der Waals surface area contributed by atoms with Crippen molar-refractivity contribution < 1.29 is 17.9 Å². The Morgan fingerprint density at radius 1 is 1.05 bits per heavy atom. The van der Waals surface area contributed by atoms with Crippen LogP contribution in [0.5, 0.6) is 0 Å². The molecule has 0 aromatic heterocycles. The van der Waals surface area contributed by atoms with Crippen LogP contribution in [-0.4, -0.2) is 20.1 Å². The molecule has 1 heterocycles. The highest BCUT2D eigenvalue weighted by Gasteiger charge is 2.51. The second-order valence-electron chi connectivity index (χ2n) is 5.03. The predicted molar refractivity (Wildman–Crippen MR) is 78.3 cm³/mol. The summed E-state index contributed by atoms with van der Waals surface area (Å²) in [6.45, 7) is 2.25. The normalized spacial score (nSPS) is 21.2. The molecule has 0 unspecified atom stereocenters. The van der Waals surface area contributed by atoms with E-state index >= 15 is 0 Å². The summed E-state index contributed by atoms with van der Waals surface area (Å²) in [5.74, 6) is 0. The standard InChI is InChI=1S/C16H16O4S/c1-12-7-9-14(10-8-12)21(17,18)16-15(20-16)19-11-13-5-3-2-4-6-13/h2-10,15-16H,11H2,1H3/t15-,16-/m1/s1. The SMILES string of the molecule is Cc1ccc(S(=O)(=O)[C@H]2O[C@H]2OCc2ccccc2)cc1. The molecule has 3 rings (SSSR count). The molecule has 2 aromatic carbocycles. The molecule has 21 heavy (non-hydrogen) atoms. The summed E-state index contributed by atoms with van der Waals surface area (Å²) in [6.07, 6.45) is -0.684. The van der Waals surface area contributed by atoms with Gasteiger partial charge >= 0.3 is 0 Å². The third-order valence-corrected chi connectivity index (χ3v) is 5.20. The summed E-state index contributed by atoms with van der Waals surface area (Å²) >= 11 is 0. The number of sulfone groups is 1. The molecular formula is C16H16O4S. The fourth-order valence-electron chi connectivity index (χ4n) is 2.04. The van der Waals surface area contributed by atoms with E-state index in [1.807, 2.05) is 37.3 Å². The molecule has 0 amide bonds. The molecular weight excluding hydrogens is 288 g/mol. The predicted octanol–water partition coefficient (Wildman–Crippen LogP) is 2.67. The van der Waals surface area contributed by atoms with Gasteiger partial charge in [-0.25, -0.2) is 8.42 Å². The number of hydrogen-bond acceptors (Lipinski definition) is 4. The van der Waals surface area contributed by atoms with Crippen molar-refractivity contribution in [1.29, 1.82) is 0 Å². The first-order chi connectivity index (χ1) is 10.1. The maximum atomic E-state index is 12.3. The van der Waals surface area contributed by atoms with Crippen LogP contribution in [0.25, 0.3) is 0 Å². The van der Waals surface area contributed by atoms with E-state index in [1.165, 1.54) is 0 Å². The van der Waals surface area contributed by atoms with Crippen LogP contribution in [-0.2, 0) is 25.9 Å². The molecule has 0 bridgehead atoms. The molecule has 1 aliphatic rings. The lowest BCUT2D eigenvalue weighted by atomic mass is 10.2. The molecule has 0 aliphatic carbocycles. The molecule has 5 heteroatoms. The largest absolute Gasteiger partial charge is 0.344 e. The first-order valence-corrected chi connectivity index (χ1v) is 8.23. The minimum Gasteiger partial charge on any atom is -0.344 e. The van der Waals surface area contributed by atoms with Crippen LogP contribution in [0.15, 0.2) is 59.5 Å². The first-order valence-electron chi connectivity index (χ1n) is 6.69. The van der Waals surface area contributed by atoms with Crippen molar-refractivity contribution in [3.05, 3.63) is 65.7 Å². The monoisotopic (exact) mass is 304 g/mol. The molecule has 0 saturated carbocycles. The summed E-state index contributed by atoms with van der Waals surface area (Å²) in [6, 6.07) is 16.3. The van der Waals surface area contributed by atoms with Gasteiger partial charge in [-0.1, -0.05) is 48.0 Å². The van der Waals surface area contributed by atoms with Crippen LogP contribution >= 0.6 is 0 Å². The lowest BCUT2D eigenvalue weighted by molar-refractivity contribution is 0.0386. The number of aryl methyl sites for hydroxylation is 1. The maximum absolute atomic E-state index is 12.3. The molecule has 0 N–H and O–H groups in total. The van der Waals surface area contributed by atoms with Gasteiger partial charge in [0.05, 0.1) is 11.5 Å². The van der Waals surface area contributed by atoms with E-state index in [0.717, 1.165) is 11.1 Å². The molecule has 110 valence electrons. The zero-order chi connectivity index (χ0) is 14.9. The maximum Gasteiger partial charge on any atom is 0.216 e. The molecule has 0 radical (unpaired) electrons. The Morgan fingerprint density at radius 2 is 1.71 bits per heavy atom. The average molecular weight is 304 g/mol. The van der Waals surface area contributed by atoms with Crippen molar-refractivity contribution >= 4 is 9.84 Å². The Morgan fingerprint density at radius 3 is 2.38 bits per heavy atom. The molecule has 2 atom stereocenters. The first kappa shape index (κ1) is 14.3. The highest BCUT2D eigenvalue weighted by molar-refractivity contribution is 7.92. The van der Waals surface area contributed by atoms with E-state index in [-0.39, 0.29) is 4.90 Å². The van der Waals surface area contributed by atoms with Gasteiger partial charge in [-0.3, -0.25) is 0 Å². The second-order valence-corrected chi connectivity index (χ2v) is 7.05. The summed E-state index contributed by atoms with van der Waals surface area (Å²) < 4.78 is 35.3. The van der Waals surface area contributed by atoms with Crippen LogP contribution in [0, 0.1) is 6.92 Å². The van der Waals surface area contributed by atoms with Crippen LogP contribution in [0.2, 0.25) is 0 Å². The molecule has 1 saturated heterocycles. The molecule has 2 aromatic rings. The minimum atomic E-state index is -3.48. The Kier molecular flexibility index (Phi) is 3.80. The lowest BCUT2D eigenvalue weighted by Crippen LogP contribution is -2.13. The van der Waals surface area contributed by atoms with Crippen molar-refractivity contribution in [3.63, 3.8) is 0 Å². The van der Waals surface area contributed by atoms with Crippen LogP contribution in [0.1, 0.15) is 11.1 Å². The van der Waals surface area contributed by atoms with Crippen LogP contribution < -0.4 is 0 Å². The van der Waals surface area contributed by atoms with E-state index in [2.05, 4.69) is 0 Å². The Hall–Kier alpha value is -1.69. The fourth-order valence-corrected chi connectivity index (χ4v) is 3.45. The Balaban J connectivity index is 1.63. The molecule has 0 spiro atoms. The van der Waals surface area contributed by atoms with E-state index in [1.54, 1.807) is 24.3 Å². The summed E-state index contributed by atoms with van der Waals surface area (Å²) in [7, 11) is -3.48. The van der Waals surface area contributed by atoms with Crippen molar-refractivity contribution in [3.8, 4) is 0 Å². The van der Waals surface area contributed by atoms with E-state index in [0.29, 0.717) is 6.61 Å². The number of epoxide rings is 1. The van der Waals surface area contributed by atoms with E-state index < -0.39 is 21.6 Å². The number of benzene rings is 2. The molecule has 1 aliphatic heterocycles. The topological polar surface area (TPSA) is 55.9 Å². The summed E-state index contributed by atoms with van der Waals surface area (Å²) in [5, 5.41) is 0. The van der Waals surface area contributed by atoms with Gasteiger partial charge in [0.1, 0.15) is 0 Å². The van der Waals surface area contributed by atoms with Gasteiger partial charge in [-0.2, -0.15) is 0 Å². The zero-order valence-electron chi connectivity index (χ0n) is 11.6. The van der Waals surface area contributed by atoms with E-state index in [9.17, 15) is 8.42 Å². The van der Waals surface area contributed by atoms with Gasteiger partial charge in [0.2, 0.25) is 21.6 Å². The highest BCUT2D eigenvalue weighted by atomic mass is 32.2. The van der Waals surface area contributed by atoms with Gasteiger partial charge in [-0.15, -0.1) is 0 Å². The number of ether oxygens (including phenoxy) is 2. The van der Waals surface area contributed by atoms with Crippen molar-refractivity contribution in [2.45, 2.75) is 30.2 Å². The molecule has 1 fully saturated rings. The quantitative estimate of drug-likeness (QED) is 0.797. The third kappa shape index (κ3) is 3.15. The van der Waals surface area contributed by atoms with Gasteiger partial charge in [0, 0.05) is 0 Å². The number of hydrogen-bond donors (Lipinski definition) is 0. The smallest absolute Gasteiger partial charge is 0.216 e. The highest BCUT2D eigenvalue weighted by Crippen LogP contribution is 2.34. The zero-order valence-corrected chi connectivity index (χ0v) is 12.4. The van der Waals surface area contributed by atoms with Crippen LogP contribution in [0.4, 0.5) is 0 Å². The second kappa shape index (κ2) is 5.60. The Bertz CT molecular complexity index is 708. The van der Waals surface area contributed by atoms with Gasteiger partial charge in [0.25, 0.3) is 0 Å². The van der Waals surface area contributed by atoms with Crippen molar-refractivity contribution in [2.75, 3.05) is 0 Å². The molecule has 4 nitrogen and oxygen atoms in total. The van der Waals surface area contributed by atoms with Crippen molar-refractivity contribution in [1.82, 2.24) is 0 Å². The lowest BCUT2D eigenvalue weighted by Gasteiger charge is -2.03. The average Bonchev–Trinajstić information content (AvgIpc) is 3.27. The van der Waals surface area contributed by atoms with Crippen LogP contribution in [0.3, 0.4) is 0 Å². The summed E-state index contributed by atoms with van der Waals surface area (Å²) in [4.78, 5) is 0.268. The Labute approximate surface area is 124 Å². The third-order valence-electron chi connectivity index (χ3n) is 3.33. The van der Waals surface area contributed by atoms with Gasteiger partial charge in [0.15, 0.2) is 0 Å². The van der Waals surface area contributed by atoms with Gasteiger partial charge in [-0.05, 0) is 24.6 Å². The van der Waals surface area contributed by atoms with Crippen molar-refractivity contribution in [2.24, 2.45) is 0 Å². The fraction of sp³-hybridized carbons (Fsp3) is 0.250. The number of rotatable bonds is 5. The summed E-state index contributed by atoms with van der Waals surface area (Å²) in [5.41, 5.74) is 1.10. The van der Waals surface area contributed by atoms with Gasteiger partial charge < -0.3 is 9.47 Å². The van der Waals surface area contributed by atoms with E-state index in [4.69, 9.17) is 9.47 Å². The minimum absolute atomic E-state index is 0.268.